The fourth-order valence-corrected chi connectivity index (χ4v) is 4.37. The van der Waals surface area contributed by atoms with Crippen LogP contribution in [0.2, 0.25) is 0 Å². The second kappa shape index (κ2) is 6.32. The van der Waals surface area contributed by atoms with Crippen molar-refractivity contribution in [2.24, 2.45) is 5.92 Å². The van der Waals surface area contributed by atoms with Gasteiger partial charge in [-0.1, -0.05) is 18.2 Å². The fraction of sp³-hybridized carbons (Fsp3) is 0.500. The number of hydrogen-bond donors (Lipinski definition) is 1. The lowest BCUT2D eigenvalue weighted by Crippen LogP contribution is -2.43. The number of nitrogens with one attached hydrogen (secondary N) is 1. The number of hydrogen-bond acceptors (Lipinski definition) is 2. The van der Waals surface area contributed by atoms with Crippen LogP contribution in [0.3, 0.4) is 0 Å². The number of nitrogens with zero attached hydrogens (tertiary/aromatic N) is 2. The molecule has 4 rings (SSSR count). The van der Waals surface area contributed by atoms with Crippen LogP contribution >= 0.6 is 12.4 Å². The van der Waals surface area contributed by atoms with Crippen LogP contribution in [0.15, 0.2) is 24.3 Å². The number of fused-ring (bicyclic) bond motifs is 5. The van der Waals surface area contributed by atoms with Gasteiger partial charge in [-0.15, -0.1) is 12.4 Å². The first-order valence-corrected chi connectivity index (χ1v) is 8.09. The second-order valence-electron chi connectivity index (χ2n) is 6.39. The third-order valence-electron chi connectivity index (χ3n) is 5.28. The summed E-state index contributed by atoms with van der Waals surface area (Å²) in [5, 5.41) is 10.3. The number of benzene rings is 1. The summed E-state index contributed by atoms with van der Waals surface area (Å²) in [5.41, 5.74) is 4.23. The Hall–Kier alpha value is -1.50. The van der Waals surface area contributed by atoms with Crippen molar-refractivity contribution in [1.82, 2.24) is 9.88 Å². The Balaban J connectivity index is 0.00000144. The Kier molecular flexibility index (Phi) is 4.42. The van der Waals surface area contributed by atoms with E-state index in [9.17, 15) is 0 Å². The lowest BCUT2D eigenvalue weighted by atomic mass is 9.80. The molecule has 1 aromatic heterocycles. The molecule has 0 radical (unpaired) electrons. The minimum atomic E-state index is 0. The minimum Gasteiger partial charge on any atom is -0.357 e. The van der Waals surface area contributed by atoms with Gasteiger partial charge in [0.05, 0.1) is 12.1 Å². The predicted molar refractivity (Wildman–Crippen MR) is 91.1 cm³/mol. The largest absolute Gasteiger partial charge is 0.357 e. The lowest BCUT2D eigenvalue weighted by Gasteiger charge is -2.44. The third kappa shape index (κ3) is 2.41. The predicted octanol–water partition coefficient (Wildman–Crippen LogP) is 4.20. The molecule has 3 heterocycles. The highest BCUT2D eigenvalue weighted by Gasteiger charge is 2.37. The van der Waals surface area contributed by atoms with Gasteiger partial charge in [-0.2, -0.15) is 5.26 Å². The minimum absolute atomic E-state index is 0. The molecule has 22 heavy (non-hydrogen) atoms. The van der Waals surface area contributed by atoms with Crippen molar-refractivity contribution in [3.8, 4) is 6.07 Å². The van der Waals surface area contributed by atoms with E-state index in [4.69, 9.17) is 5.26 Å². The average molecular weight is 316 g/mol. The molecule has 0 amide bonds. The van der Waals surface area contributed by atoms with Crippen molar-refractivity contribution in [2.45, 2.75) is 38.1 Å². The molecule has 1 fully saturated rings. The molecule has 4 heteroatoms. The summed E-state index contributed by atoms with van der Waals surface area (Å²) in [7, 11) is 0. The summed E-state index contributed by atoms with van der Waals surface area (Å²) in [6.45, 7) is 2.38. The molecule has 2 aromatic rings. The first-order chi connectivity index (χ1) is 10.4. The van der Waals surface area contributed by atoms with Gasteiger partial charge in [-0.05, 0) is 49.8 Å². The molecular weight excluding hydrogens is 294 g/mol. The standard InChI is InChI=1S/C18H21N3.ClH/c19-10-3-5-13-6-4-11-21-12-9-15-14-7-1-2-8-16(14)20-17(15)18(13)21;/h1-2,7-8,13,18,20H,3-6,9,11-12H2;1H. The molecule has 0 spiro atoms. The maximum atomic E-state index is 8.93. The van der Waals surface area contributed by atoms with Crippen molar-refractivity contribution in [3.63, 3.8) is 0 Å². The van der Waals surface area contributed by atoms with E-state index in [0.29, 0.717) is 18.4 Å². The molecule has 0 aliphatic carbocycles. The van der Waals surface area contributed by atoms with E-state index < -0.39 is 0 Å². The van der Waals surface area contributed by atoms with Crippen molar-refractivity contribution in [1.29, 1.82) is 5.26 Å². The SMILES string of the molecule is Cl.N#CCCC1CCCN2CCc3c([nH]c4ccccc34)C12. The van der Waals surface area contributed by atoms with E-state index in [1.807, 2.05) is 0 Å². The van der Waals surface area contributed by atoms with Gasteiger partial charge in [0.2, 0.25) is 0 Å². The van der Waals surface area contributed by atoms with Gasteiger partial charge in [0, 0.05) is 29.6 Å². The van der Waals surface area contributed by atoms with Crippen LogP contribution in [0, 0.1) is 17.2 Å². The van der Waals surface area contributed by atoms with Crippen LogP contribution < -0.4 is 0 Å². The number of H-pyrrole nitrogens is 1. The molecule has 2 unspecified atom stereocenters. The average Bonchev–Trinajstić information content (AvgIpc) is 2.91. The second-order valence-corrected chi connectivity index (χ2v) is 6.39. The van der Waals surface area contributed by atoms with Crippen molar-refractivity contribution >= 4 is 23.3 Å². The Morgan fingerprint density at radius 3 is 3.00 bits per heavy atom. The van der Waals surface area contributed by atoms with Gasteiger partial charge >= 0.3 is 0 Å². The van der Waals surface area contributed by atoms with E-state index in [1.54, 1.807) is 0 Å². The lowest BCUT2D eigenvalue weighted by molar-refractivity contribution is 0.0770. The van der Waals surface area contributed by atoms with E-state index >= 15 is 0 Å². The van der Waals surface area contributed by atoms with Crippen molar-refractivity contribution in [3.05, 3.63) is 35.5 Å². The smallest absolute Gasteiger partial charge is 0.0621 e. The molecule has 116 valence electrons. The highest BCUT2D eigenvalue weighted by Crippen LogP contribution is 2.43. The molecule has 1 N–H and O–H groups in total. The van der Waals surface area contributed by atoms with E-state index in [1.165, 1.54) is 48.1 Å². The Morgan fingerprint density at radius 1 is 1.27 bits per heavy atom. The number of para-hydroxylation sites is 1. The topological polar surface area (TPSA) is 42.8 Å². The molecule has 1 saturated heterocycles. The Labute approximate surface area is 137 Å². The zero-order valence-electron chi connectivity index (χ0n) is 12.7. The zero-order valence-corrected chi connectivity index (χ0v) is 13.5. The van der Waals surface area contributed by atoms with Crippen molar-refractivity contribution < 1.29 is 0 Å². The number of aromatic amines is 1. The summed E-state index contributed by atoms with van der Waals surface area (Å²) in [6.07, 6.45) is 5.41. The van der Waals surface area contributed by atoms with Gasteiger partial charge in [0.25, 0.3) is 0 Å². The van der Waals surface area contributed by atoms with Gasteiger partial charge in [-0.25, -0.2) is 0 Å². The number of piperidine rings is 1. The molecule has 1 aromatic carbocycles. The quantitative estimate of drug-likeness (QED) is 0.902. The first-order valence-electron chi connectivity index (χ1n) is 8.09. The van der Waals surface area contributed by atoms with Crippen LogP contribution in [0.5, 0.6) is 0 Å². The summed E-state index contributed by atoms with van der Waals surface area (Å²) < 4.78 is 0. The number of aromatic nitrogens is 1. The molecule has 2 aliphatic rings. The molecule has 0 bridgehead atoms. The Bertz CT molecular complexity index is 700. The number of nitriles is 1. The van der Waals surface area contributed by atoms with Gasteiger partial charge < -0.3 is 4.98 Å². The van der Waals surface area contributed by atoms with Crippen LogP contribution in [0.1, 0.15) is 43.0 Å². The summed E-state index contributed by atoms with van der Waals surface area (Å²) in [6, 6.07) is 11.5. The summed E-state index contributed by atoms with van der Waals surface area (Å²) in [4.78, 5) is 6.34. The maximum absolute atomic E-state index is 8.93. The normalized spacial score (nSPS) is 24.1. The highest BCUT2D eigenvalue weighted by atomic mass is 35.5. The van der Waals surface area contributed by atoms with Crippen LogP contribution in [0.4, 0.5) is 0 Å². The van der Waals surface area contributed by atoms with Crippen LogP contribution in [-0.4, -0.2) is 23.0 Å². The van der Waals surface area contributed by atoms with Gasteiger partial charge in [-0.3, -0.25) is 4.90 Å². The first kappa shape index (κ1) is 15.4. The van der Waals surface area contributed by atoms with E-state index in [0.717, 1.165) is 12.8 Å². The van der Waals surface area contributed by atoms with E-state index in [-0.39, 0.29) is 12.4 Å². The fourth-order valence-electron chi connectivity index (χ4n) is 4.37. The maximum Gasteiger partial charge on any atom is 0.0621 e. The van der Waals surface area contributed by atoms with Crippen LogP contribution in [0.25, 0.3) is 10.9 Å². The van der Waals surface area contributed by atoms with Crippen molar-refractivity contribution in [2.75, 3.05) is 13.1 Å². The molecule has 2 atom stereocenters. The highest BCUT2D eigenvalue weighted by molar-refractivity contribution is 5.85. The van der Waals surface area contributed by atoms with Gasteiger partial charge in [0.15, 0.2) is 0 Å². The molecular formula is C18H22ClN3. The van der Waals surface area contributed by atoms with E-state index in [2.05, 4.69) is 40.2 Å². The van der Waals surface area contributed by atoms with Crippen LogP contribution in [-0.2, 0) is 6.42 Å². The summed E-state index contributed by atoms with van der Waals surface area (Å²) in [5.74, 6) is 0.630. The number of halogens is 1. The number of rotatable bonds is 2. The van der Waals surface area contributed by atoms with Gasteiger partial charge in [0.1, 0.15) is 0 Å². The molecule has 0 saturated carbocycles. The third-order valence-corrected chi connectivity index (χ3v) is 5.28. The molecule has 2 aliphatic heterocycles. The molecule has 3 nitrogen and oxygen atoms in total. The Morgan fingerprint density at radius 2 is 2.14 bits per heavy atom. The summed E-state index contributed by atoms with van der Waals surface area (Å²) >= 11 is 0. The monoisotopic (exact) mass is 315 g/mol. The zero-order chi connectivity index (χ0) is 14.2.